The molecule has 0 saturated heterocycles. The van der Waals surface area contributed by atoms with Crippen LogP contribution < -0.4 is 0 Å². The van der Waals surface area contributed by atoms with E-state index in [0.29, 0.717) is 0 Å². The molecule has 10 heavy (non-hydrogen) atoms. The number of thioether (sulfide) groups is 1. The average Bonchev–Trinajstić information content (AvgIpc) is 1.82. The molecule has 0 aromatic carbocycles. The molecule has 0 aliphatic carbocycles. The molecule has 0 radical (unpaired) electrons. The molecule has 0 N–H and O–H groups in total. The van der Waals surface area contributed by atoms with Gasteiger partial charge in [-0.1, -0.05) is 43.3 Å². The molecule has 0 bridgehead atoms. The van der Waals surface area contributed by atoms with Crippen molar-refractivity contribution in [3.63, 3.8) is 0 Å². The van der Waals surface area contributed by atoms with Gasteiger partial charge in [0.05, 0.1) is 0 Å². The van der Waals surface area contributed by atoms with Crippen molar-refractivity contribution in [3.05, 3.63) is 11.1 Å². The Morgan fingerprint density at radius 1 is 1.50 bits per heavy atom. The number of hydrogen-bond donors (Lipinski definition) is 0. The number of hydrogen-bond acceptors (Lipinski definition) is 1. The molecule has 0 rings (SSSR count). The largest absolute Gasteiger partial charge is 0.153 e. The van der Waals surface area contributed by atoms with Crippen molar-refractivity contribution in [3.8, 4) is 0 Å². The summed E-state index contributed by atoms with van der Waals surface area (Å²) in [4.78, 5) is 0. The van der Waals surface area contributed by atoms with Crippen LogP contribution in [-0.2, 0) is 0 Å². The Morgan fingerprint density at radius 2 is 2.00 bits per heavy atom. The molecule has 0 fully saturated rings. The first-order chi connectivity index (χ1) is 4.54. The number of rotatable bonds is 4. The topological polar surface area (TPSA) is 0 Å². The summed E-state index contributed by atoms with van der Waals surface area (Å²) in [6.07, 6.45) is 0. The minimum Gasteiger partial charge on any atom is -0.153 e. The molecule has 2 heteroatoms. The Balaban J connectivity index is 3.39. The van der Waals surface area contributed by atoms with Crippen LogP contribution in [0.2, 0.25) is 0 Å². The van der Waals surface area contributed by atoms with Crippen LogP contribution in [0.25, 0.3) is 0 Å². The van der Waals surface area contributed by atoms with Crippen molar-refractivity contribution >= 4 is 27.7 Å². The van der Waals surface area contributed by atoms with Crippen molar-refractivity contribution in [2.45, 2.75) is 26.0 Å². The molecule has 0 aromatic heterocycles. The second-order valence-corrected chi connectivity index (χ2v) is 5.26. The fraction of sp³-hybridized carbons (Fsp3) is 0.750. The predicted octanol–water partition coefficient (Wildman–Crippen LogP) is 3.67. The highest BCUT2D eigenvalue weighted by Gasteiger charge is 2.06. The third-order valence-corrected chi connectivity index (χ3v) is 3.68. The summed E-state index contributed by atoms with van der Waals surface area (Å²) in [5.74, 6) is 1.79. The molecule has 1 unspecified atom stereocenters. The molecule has 1 atom stereocenters. The highest BCUT2D eigenvalue weighted by molar-refractivity contribution is 9.11. The van der Waals surface area contributed by atoms with Gasteiger partial charge in [-0.25, -0.2) is 0 Å². The summed E-state index contributed by atoms with van der Waals surface area (Å²) in [6.45, 7) is 10.5. The average molecular weight is 223 g/mol. The molecular weight excluding hydrogens is 208 g/mol. The first-order valence-corrected chi connectivity index (χ1v) is 5.33. The molecule has 0 amide bonds. The molecule has 0 heterocycles. The lowest BCUT2D eigenvalue weighted by Crippen LogP contribution is -2.06. The Labute approximate surface area is 76.6 Å². The molecule has 0 aromatic rings. The lowest BCUT2D eigenvalue weighted by atomic mass is 10.2. The maximum absolute atomic E-state index is 3.78. The van der Waals surface area contributed by atoms with E-state index in [1.165, 1.54) is 0 Å². The second kappa shape index (κ2) is 5.25. The molecule has 0 spiro atoms. The molecule has 0 saturated carbocycles. The van der Waals surface area contributed by atoms with Crippen LogP contribution in [0.5, 0.6) is 0 Å². The van der Waals surface area contributed by atoms with Gasteiger partial charge in [-0.05, 0) is 10.4 Å². The van der Waals surface area contributed by atoms with Gasteiger partial charge in [-0.3, -0.25) is 0 Å². The van der Waals surface area contributed by atoms with E-state index in [2.05, 4.69) is 43.3 Å². The van der Waals surface area contributed by atoms with Crippen LogP contribution in [0.15, 0.2) is 11.1 Å². The van der Waals surface area contributed by atoms with Crippen LogP contribution in [0.3, 0.4) is 0 Å². The van der Waals surface area contributed by atoms with Gasteiger partial charge in [0.25, 0.3) is 0 Å². The van der Waals surface area contributed by atoms with Crippen LogP contribution in [0.4, 0.5) is 0 Å². The SMILES string of the molecule is C=C(Br)CSC(C)C(C)C. The van der Waals surface area contributed by atoms with E-state index in [4.69, 9.17) is 0 Å². The van der Waals surface area contributed by atoms with Crippen molar-refractivity contribution < 1.29 is 0 Å². The number of halogens is 1. The van der Waals surface area contributed by atoms with Gasteiger partial charge < -0.3 is 0 Å². The normalized spacial score (nSPS) is 13.7. The third kappa shape index (κ3) is 5.36. The van der Waals surface area contributed by atoms with Gasteiger partial charge >= 0.3 is 0 Å². The summed E-state index contributed by atoms with van der Waals surface area (Å²) >= 11 is 5.28. The van der Waals surface area contributed by atoms with Crippen LogP contribution >= 0.6 is 27.7 Å². The molecular formula is C8H15BrS. The summed E-state index contributed by atoms with van der Waals surface area (Å²) in [5.41, 5.74) is 0. The smallest absolute Gasteiger partial charge is 0.0247 e. The fourth-order valence-electron chi connectivity index (χ4n) is 0.414. The van der Waals surface area contributed by atoms with Crippen molar-refractivity contribution in [2.24, 2.45) is 5.92 Å². The first-order valence-electron chi connectivity index (χ1n) is 3.49. The summed E-state index contributed by atoms with van der Waals surface area (Å²) in [6, 6.07) is 0. The van der Waals surface area contributed by atoms with E-state index in [0.717, 1.165) is 21.4 Å². The van der Waals surface area contributed by atoms with Gasteiger partial charge in [0.15, 0.2) is 0 Å². The van der Waals surface area contributed by atoms with E-state index in [9.17, 15) is 0 Å². The van der Waals surface area contributed by atoms with E-state index in [-0.39, 0.29) is 0 Å². The maximum atomic E-state index is 3.78. The van der Waals surface area contributed by atoms with Gasteiger partial charge in [-0.2, -0.15) is 11.8 Å². The van der Waals surface area contributed by atoms with Crippen molar-refractivity contribution in [1.29, 1.82) is 0 Å². The monoisotopic (exact) mass is 222 g/mol. The van der Waals surface area contributed by atoms with Crippen molar-refractivity contribution in [1.82, 2.24) is 0 Å². The lowest BCUT2D eigenvalue weighted by Gasteiger charge is -2.13. The third-order valence-electron chi connectivity index (χ3n) is 1.44. The Morgan fingerprint density at radius 3 is 2.30 bits per heavy atom. The minimum atomic E-state index is 0.731. The van der Waals surface area contributed by atoms with E-state index >= 15 is 0 Å². The molecule has 0 aliphatic heterocycles. The maximum Gasteiger partial charge on any atom is 0.0247 e. The van der Waals surface area contributed by atoms with Crippen molar-refractivity contribution in [2.75, 3.05) is 5.75 Å². The van der Waals surface area contributed by atoms with Gasteiger partial charge in [-0.15, -0.1) is 0 Å². The van der Waals surface area contributed by atoms with Gasteiger partial charge in [0.1, 0.15) is 0 Å². The standard InChI is InChI=1S/C8H15BrS/c1-6(2)8(4)10-5-7(3)9/h6,8H,3,5H2,1-2,4H3. The Hall–Kier alpha value is 0.570. The van der Waals surface area contributed by atoms with Gasteiger partial charge in [0.2, 0.25) is 0 Å². The Bertz CT molecular complexity index is 110. The summed E-state index contributed by atoms with van der Waals surface area (Å²) < 4.78 is 1.09. The Kier molecular flexibility index (Phi) is 5.55. The van der Waals surface area contributed by atoms with Crippen LogP contribution in [0.1, 0.15) is 20.8 Å². The molecule has 60 valence electrons. The molecule has 0 nitrogen and oxygen atoms in total. The zero-order valence-corrected chi connectivity index (χ0v) is 9.26. The highest BCUT2D eigenvalue weighted by Crippen LogP contribution is 2.22. The fourth-order valence-corrected chi connectivity index (χ4v) is 1.64. The van der Waals surface area contributed by atoms with E-state index in [1.54, 1.807) is 0 Å². The van der Waals surface area contributed by atoms with Gasteiger partial charge in [0, 0.05) is 11.0 Å². The zero-order valence-electron chi connectivity index (χ0n) is 6.86. The highest BCUT2D eigenvalue weighted by atomic mass is 79.9. The van der Waals surface area contributed by atoms with Crippen LogP contribution in [0, 0.1) is 5.92 Å². The van der Waals surface area contributed by atoms with E-state index in [1.807, 2.05) is 11.8 Å². The zero-order chi connectivity index (χ0) is 8.15. The second-order valence-electron chi connectivity index (χ2n) is 2.78. The molecule has 0 aliphatic rings. The van der Waals surface area contributed by atoms with E-state index < -0.39 is 0 Å². The summed E-state index contributed by atoms with van der Waals surface area (Å²) in [7, 11) is 0. The van der Waals surface area contributed by atoms with Crippen LogP contribution in [-0.4, -0.2) is 11.0 Å². The lowest BCUT2D eigenvalue weighted by molar-refractivity contribution is 0.643. The first kappa shape index (κ1) is 10.6. The summed E-state index contributed by atoms with van der Waals surface area (Å²) in [5, 5.41) is 0.731. The predicted molar refractivity (Wildman–Crippen MR) is 54.8 cm³/mol. The quantitative estimate of drug-likeness (QED) is 0.700. The minimum absolute atomic E-state index is 0.731.